The van der Waals surface area contributed by atoms with Crippen LogP contribution in [0.1, 0.15) is 21.6 Å². The fraction of sp³-hybridized carbons (Fsp3) is 0.250. The summed E-state index contributed by atoms with van der Waals surface area (Å²) in [5.41, 5.74) is 3.87. The molecule has 0 aliphatic rings. The number of amides is 1. The molecule has 0 aliphatic heterocycles. The van der Waals surface area contributed by atoms with Crippen molar-refractivity contribution in [3.05, 3.63) is 35.0 Å². The van der Waals surface area contributed by atoms with Crippen molar-refractivity contribution in [1.82, 2.24) is 10.3 Å². The third-order valence-corrected chi connectivity index (χ3v) is 2.67. The van der Waals surface area contributed by atoms with Crippen LogP contribution in [-0.4, -0.2) is 17.9 Å². The zero-order valence-electron chi connectivity index (χ0n) is 9.14. The third kappa shape index (κ3) is 1.50. The minimum Gasteiger partial charge on any atom is -0.354 e. The standard InChI is InChI=1S/C12H14N2O/c1-7-4-5-10-9(6-7)8(2)11(14-10)12(15)13-3/h4-6,14H,1-3H3,(H,13,15). The summed E-state index contributed by atoms with van der Waals surface area (Å²) in [5, 5.41) is 3.75. The predicted molar refractivity (Wildman–Crippen MR) is 61.2 cm³/mol. The fourth-order valence-electron chi connectivity index (χ4n) is 1.79. The number of benzene rings is 1. The second kappa shape index (κ2) is 3.42. The normalized spacial score (nSPS) is 10.6. The Labute approximate surface area is 88.5 Å². The second-order valence-corrected chi connectivity index (χ2v) is 3.75. The number of rotatable bonds is 1. The molecule has 0 saturated heterocycles. The van der Waals surface area contributed by atoms with Crippen LogP contribution in [0.3, 0.4) is 0 Å². The van der Waals surface area contributed by atoms with Crippen LogP contribution in [-0.2, 0) is 0 Å². The van der Waals surface area contributed by atoms with Gasteiger partial charge in [0.1, 0.15) is 5.69 Å². The molecule has 0 spiro atoms. The molecule has 78 valence electrons. The molecule has 1 aromatic carbocycles. The molecule has 1 amide bonds. The molecule has 0 fully saturated rings. The number of hydrogen-bond donors (Lipinski definition) is 2. The molecule has 3 nitrogen and oxygen atoms in total. The zero-order valence-corrected chi connectivity index (χ0v) is 9.14. The molecule has 0 atom stereocenters. The molecule has 0 unspecified atom stereocenters. The maximum Gasteiger partial charge on any atom is 0.267 e. The van der Waals surface area contributed by atoms with Gasteiger partial charge in [-0.2, -0.15) is 0 Å². The summed E-state index contributed by atoms with van der Waals surface area (Å²) >= 11 is 0. The number of aryl methyl sites for hydroxylation is 2. The molecule has 2 rings (SSSR count). The number of H-pyrrole nitrogens is 1. The molecule has 1 aromatic heterocycles. The first-order chi connectivity index (χ1) is 7.13. The van der Waals surface area contributed by atoms with Crippen molar-refractivity contribution in [2.24, 2.45) is 0 Å². The van der Waals surface area contributed by atoms with Gasteiger partial charge in [-0.3, -0.25) is 4.79 Å². The highest BCUT2D eigenvalue weighted by Crippen LogP contribution is 2.22. The van der Waals surface area contributed by atoms with E-state index in [0.717, 1.165) is 16.5 Å². The topological polar surface area (TPSA) is 44.9 Å². The van der Waals surface area contributed by atoms with Crippen molar-refractivity contribution in [3.8, 4) is 0 Å². The van der Waals surface area contributed by atoms with Crippen molar-refractivity contribution < 1.29 is 4.79 Å². The fourth-order valence-corrected chi connectivity index (χ4v) is 1.79. The van der Waals surface area contributed by atoms with E-state index >= 15 is 0 Å². The van der Waals surface area contributed by atoms with Crippen LogP contribution in [0, 0.1) is 13.8 Å². The van der Waals surface area contributed by atoms with Crippen LogP contribution in [0.2, 0.25) is 0 Å². The quantitative estimate of drug-likeness (QED) is 0.731. The SMILES string of the molecule is CNC(=O)c1[nH]c2ccc(C)cc2c1C. The Morgan fingerprint density at radius 2 is 2.07 bits per heavy atom. The number of aromatic nitrogens is 1. The summed E-state index contributed by atoms with van der Waals surface area (Å²) in [5.74, 6) is -0.0682. The Balaban J connectivity index is 2.69. The lowest BCUT2D eigenvalue weighted by atomic mass is 10.1. The van der Waals surface area contributed by atoms with Crippen molar-refractivity contribution >= 4 is 16.8 Å². The predicted octanol–water partition coefficient (Wildman–Crippen LogP) is 2.14. The maximum atomic E-state index is 11.5. The van der Waals surface area contributed by atoms with E-state index in [1.54, 1.807) is 7.05 Å². The lowest BCUT2D eigenvalue weighted by Gasteiger charge is -1.96. The first-order valence-corrected chi connectivity index (χ1v) is 4.94. The van der Waals surface area contributed by atoms with E-state index in [0.29, 0.717) is 5.69 Å². The second-order valence-electron chi connectivity index (χ2n) is 3.75. The summed E-state index contributed by atoms with van der Waals surface area (Å²) in [6, 6.07) is 6.13. The van der Waals surface area contributed by atoms with Crippen molar-refractivity contribution in [2.75, 3.05) is 7.05 Å². The summed E-state index contributed by atoms with van der Waals surface area (Å²) in [4.78, 5) is 14.7. The maximum absolute atomic E-state index is 11.5. The Bertz CT molecular complexity index is 526. The average molecular weight is 202 g/mol. The van der Waals surface area contributed by atoms with Crippen LogP contribution in [0.4, 0.5) is 0 Å². The van der Waals surface area contributed by atoms with Gasteiger partial charge in [-0.1, -0.05) is 11.6 Å². The third-order valence-electron chi connectivity index (χ3n) is 2.67. The number of carbonyl (C=O) groups is 1. The Hall–Kier alpha value is -1.77. The minimum atomic E-state index is -0.0682. The molecular weight excluding hydrogens is 188 g/mol. The number of hydrogen-bond acceptors (Lipinski definition) is 1. The Kier molecular flexibility index (Phi) is 2.23. The lowest BCUT2D eigenvalue weighted by Crippen LogP contribution is -2.18. The van der Waals surface area contributed by atoms with Gasteiger partial charge < -0.3 is 10.3 Å². The molecule has 1 heterocycles. The van der Waals surface area contributed by atoms with Crippen molar-refractivity contribution in [2.45, 2.75) is 13.8 Å². The number of aromatic amines is 1. The van der Waals surface area contributed by atoms with Gasteiger partial charge in [0.15, 0.2) is 0 Å². The minimum absolute atomic E-state index is 0.0682. The zero-order chi connectivity index (χ0) is 11.0. The van der Waals surface area contributed by atoms with E-state index in [9.17, 15) is 4.79 Å². The first kappa shape index (κ1) is 9.77. The van der Waals surface area contributed by atoms with Crippen LogP contribution in [0.25, 0.3) is 10.9 Å². The summed E-state index contributed by atoms with van der Waals surface area (Å²) in [7, 11) is 1.64. The molecule has 2 N–H and O–H groups in total. The highest BCUT2D eigenvalue weighted by Gasteiger charge is 2.12. The molecule has 0 radical (unpaired) electrons. The van der Waals surface area contributed by atoms with Crippen LogP contribution < -0.4 is 5.32 Å². The van der Waals surface area contributed by atoms with Crippen molar-refractivity contribution in [1.29, 1.82) is 0 Å². The number of nitrogens with one attached hydrogen (secondary N) is 2. The van der Waals surface area contributed by atoms with Gasteiger partial charge in [-0.15, -0.1) is 0 Å². The monoisotopic (exact) mass is 202 g/mol. The summed E-state index contributed by atoms with van der Waals surface area (Å²) in [6.45, 7) is 4.01. The van der Waals surface area contributed by atoms with E-state index < -0.39 is 0 Å². The molecule has 2 aromatic rings. The average Bonchev–Trinajstić information content (AvgIpc) is 2.55. The first-order valence-electron chi connectivity index (χ1n) is 4.94. The highest BCUT2D eigenvalue weighted by atomic mass is 16.1. The number of carbonyl (C=O) groups excluding carboxylic acids is 1. The highest BCUT2D eigenvalue weighted by molar-refractivity contribution is 6.00. The van der Waals surface area contributed by atoms with E-state index in [2.05, 4.69) is 16.4 Å². The van der Waals surface area contributed by atoms with Gasteiger partial charge in [0.25, 0.3) is 5.91 Å². The molecule has 3 heteroatoms. The Morgan fingerprint density at radius 1 is 1.33 bits per heavy atom. The van der Waals surface area contributed by atoms with E-state index in [4.69, 9.17) is 0 Å². The van der Waals surface area contributed by atoms with E-state index in [-0.39, 0.29) is 5.91 Å². The van der Waals surface area contributed by atoms with Crippen LogP contribution >= 0.6 is 0 Å². The van der Waals surface area contributed by atoms with E-state index in [1.807, 2.05) is 26.0 Å². The van der Waals surface area contributed by atoms with E-state index in [1.165, 1.54) is 5.56 Å². The van der Waals surface area contributed by atoms with Crippen LogP contribution in [0.15, 0.2) is 18.2 Å². The molecule has 0 bridgehead atoms. The van der Waals surface area contributed by atoms with Gasteiger partial charge in [-0.05, 0) is 31.5 Å². The molecular formula is C12H14N2O. The number of fused-ring (bicyclic) bond motifs is 1. The molecule has 0 saturated carbocycles. The summed E-state index contributed by atoms with van der Waals surface area (Å²) < 4.78 is 0. The van der Waals surface area contributed by atoms with Crippen molar-refractivity contribution in [3.63, 3.8) is 0 Å². The molecule has 15 heavy (non-hydrogen) atoms. The van der Waals surface area contributed by atoms with Gasteiger partial charge in [-0.25, -0.2) is 0 Å². The molecule has 0 aliphatic carbocycles. The van der Waals surface area contributed by atoms with Gasteiger partial charge in [0.2, 0.25) is 0 Å². The summed E-state index contributed by atoms with van der Waals surface area (Å²) in [6.07, 6.45) is 0. The largest absolute Gasteiger partial charge is 0.354 e. The van der Waals surface area contributed by atoms with Crippen LogP contribution in [0.5, 0.6) is 0 Å². The smallest absolute Gasteiger partial charge is 0.267 e. The Morgan fingerprint density at radius 3 is 2.73 bits per heavy atom. The van der Waals surface area contributed by atoms with Gasteiger partial charge in [0.05, 0.1) is 0 Å². The van der Waals surface area contributed by atoms with Gasteiger partial charge >= 0.3 is 0 Å². The lowest BCUT2D eigenvalue weighted by molar-refractivity contribution is 0.0958. The van der Waals surface area contributed by atoms with Gasteiger partial charge in [0, 0.05) is 18.0 Å².